The SMILES string of the molecule is C1CNCCN1.S=CS. The second-order valence-electron chi connectivity index (χ2n) is 1.61. The predicted octanol–water partition coefficient (Wildman–Crippen LogP) is 0.0526. The molecule has 0 unspecified atom stereocenters. The number of thiol groups is 1. The van der Waals surface area contributed by atoms with E-state index in [9.17, 15) is 0 Å². The summed E-state index contributed by atoms with van der Waals surface area (Å²) >= 11 is 7.61. The van der Waals surface area contributed by atoms with Gasteiger partial charge in [-0.3, -0.25) is 0 Å². The zero-order chi connectivity index (χ0) is 6.95. The Balaban J connectivity index is 0.000000187. The fourth-order valence-corrected chi connectivity index (χ4v) is 0.604. The molecule has 1 fully saturated rings. The van der Waals surface area contributed by atoms with E-state index in [0.717, 1.165) is 26.2 Å². The molecule has 0 spiro atoms. The molecular formula is C5H12N2S2. The van der Waals surface area contributed by atoms with E-state index in [1.807, 2.05) is 0 Å². The number of hydrogen-bond donors (Lipinski definition) is 3. The molecule has 0 aromatic heterocycles. The van der Waals surface area contributed by atoms with Gasteiger partial charge in [0.1, 0.15) is 0 Å². The van der Waals surface area contributed by atoms with Crippen LogP contribution in [0.2, 0.25) is 0 Å². The highest BCUT2D eigenvalue weighted by Gasteiger charge is 1.91. The summed E-state index contributed by atoms with van der Waals surface area (Å²) in [4.78, 5) is 0. The largest absolute Gasteiger partial charge is 0.314 e. The lowest BCUT2D eigenvalue weighted by Crippen LogP contribution is -2.39. The zero-order valence-electron chi connectivity index (χ0n) is 5.26. The van der Waals surface area contributed by atoms with Crippen LogP contribution in [0.1, 0.15) is 0 Å². The Morgan fingerprint density at radius 3 is 1.44 bits per heavy atom. The predicted molar refractivity (Wildman–Crippen MR) is 48.4 cm³/mol. The average molecular weight is 164 g/mol. The van der Waals surface area contributed by atoms with Crippen molar-refractivity contribution < 1.29 is 0 Å². The van der Waals surface area contributed by atoms with E-state index < -0.39 is 0 Å². The topological polar surface area (TPSA) is 24.1 Å². The van der Waals surface area contributed by atoms with Crippen molar-refractivity contribution in [1.82, 2.24) is 10.6 Å². The van der Waals surface area contributed by atoms with E-state index in [0.29, 0.717) is 0 Å². The minimum Gasteiger partial charge on any atom is -0.314 e. The van der Waals surface area contributed by atoms with E-state index in [-0.39, 0.29) is 0 Å². The first kappa shape index (κ1) is 9.36. The summed E-state index contributed by atoms with van der Waals surface area (Å²) in [7, 11) is 0. The summed E-state index contributed by atoms with van der Waals surface area (Å²) in [6.07, 6.45) is 0. The fourth-order valence-electron chi connectivity index (χ4n) is 0.604. The van der Waals surface area contributed by atoms with Gasteiger partial charge in [0, 0.05) is 30.9 Å². The number of piperazine rings is 1. The highest BCUT2D eigenvalue weighted by atomic mass is 32.1. The lowest BCUT2D eigenvalue weighted by atomic mass is 10.4. The molecule has 0 bridgehead atoms. The van der Waals surface area contributed by atoms with Gasteiger partial charge >= 0.3 is 0 Å². The molecule has 0 aromatic carbocycles. The molecule has 54 valence electrons. The number of thiocarbonyl (C=S) groups is 1. The minimum absolute atomic E-state index is 1.14. The van der Waals surface area contributed by atoms with E-state index in [4.69, 9.17) is 0 Å². The molecule has 0 saturated carbocycles. The van der Waals surface area contributed by atoms with Gasteiger partial charge in [-0.1, -0.05) is 12.2 Å². The Kier molecular flexibility index (Phi) is 8.69. The highest BCUT2D eigenvalue weighted by molar-refractivity contribution is 8.08. The minimum atomic E-state index is 1.14. The molecule has 0 aliphatic carbocycles. The van der Waals surface area contributed by atoms with Crippen LogP contribution < -0.4 is 10.6 Å². The molecule has 1 saturated heterocycles. The van der Waals surface area contributed by atoms with Gasteiger partial charge in [0.2, 0.25) is 0 Å². The van der Waals surface area contributed by atoms with Crippen LogP contribution in [0.25, 0.3) is 0 Å². The van der Waals surface area contributed by atoms with Gasteiger partial charge in [-0.05, 0) is 0 Å². The Hall–Kier alpha value is 0.360. The summed E-state index contributed by atoms with van der Waals surface area (Å²) in [5.41, 5.74) is 0. The molecule has 4 heteroatoms. The number of rotatable bonds is 0. The molecule has 1 heterocycles. The van der Waals surface area contributed by atoms with E-state index in [1.165, 1.54) is 4.70 Å². The summed E-state index contributed by atoms with van der Waals surface area (Å²) < 4.78 is 1.28. The van der Waals surface area contributed by atoms with Crippen molar-refractivity contribution in [2.75, 3.05) is 26.2 Å². The van der Waals surface area contributed by atoms with Crippen LogP contribution in [0.4, 0.5) is 0 Å². The van der Waals surface area contributed by atoms with Crippen molar-refractivity contribution in [3.63, 3.8) is 0 Å². The molecule has 0 amide bonds. The van der Waals surface area contributed by atoms with Crippen molar-refractivity contribution in [2.24, 2.45) is 0 Å². The van der Waals surface area contributed by atoms with E-state index >= 15 is 0 Å². The monoisotopic (exact) mass is 164 g/mol. The van der Waals surface area contributed by atoms with Crippen LogP contribution in [0.3, 0.4) is 0 Å². The van der Waals surface area contributed by atoms with Gasteiger partial charge in [0.15, 0.2) is 0 Å². The lowest BCUT2D eigenvalue weighted by molar-refractivity contribution is 0.534. The first-order chi connectivity index (χ1) is 4.41. The standard InChI is InChI=1S/C4H10N2.CH2S2/c1-2-6-4-3-5-1;2-1-3/h5-6H,1-4H2;1H,(H,2,3). The van der Waals surface area contributed by atoms with Gasteiger partial charge in [0.05, 0.1) is 0 Å². The Labute approximate surface area is 66.8 Å². The molecule has 0 atom stereocenters. The number of nitrogens with one attached hydrogen (secondary N) is 2. The van der Waals surface area contributed by atoms with Crippen LogP contribution >= 0.6 is 24.8 Å². The van der Waals surface area contributed by atoms with Crippen molar-refractivity contribution >= 4 is 29.5 Å². The van der Waals surface area contributed by atoms with Crippen molar-refractivity contribution in [2.45, 2.75) is 0 Å². The summed E-state index contributed by atoms with van der Waals surface area (Å²) in [5.74, 6) is 0. The molecule has 1 rings (SSSR count). The van der Waals surface area contributed by atoms with Crippen LogP contribution in [0.5, 0.6) is 0 Å². The maximum Gasteiger partial charge on any atom is 0.0310 e. The smallest absolute Gasteiger partial charge is 0.0310 e. The van der Waals surface area contributed by atoms with Gasteiger partial charge in [0.25, 0.3) is 0 Å². The van der Waals surface area contributed by atoms with Crippen molar-refractivity contribution in [3.05, 3.63) is 0 Å². The molecule has 2 nitrogen and oxygen atoms in total. The van der Waals surface area contributed by atoms with Crippen molar-refractivity contribution in [3.8, 4) is 0 Å². The molecular weight excluding hydrogens is 152 g/mol. The summed E-state index contributed by atoms with van der Waals surface area (Å²) in [5, 5.41) is 6.44. The van der Waals surface area contributed by atoms with Crippen LogP contribution in [0, 0.1) is 0 Å². The number of hydrogen-bond acceptors (Lipinski definition) is 3. The summed E-state index contributed by atoms with van der Waals surface area (Å²) in [6, 6.07) is 0. The summed E-state index contributed by atoms with van der Waals surface area (Å²) in [6.45, 7) is 4.56. The maximum atomic E-state index is 4.13. The van der Waals surface area contributed by atoms with Crippen LogP contribution in [-0.4, -0.2) is 30.9 Å². The third kappa shape index (κ3) is 8.36. The quantitative estimate of drug-likeness (QED) is 0.348. The molecule has 1 aliphatic rings. The normalized spacial score (nSPS) is 17.4. The Morgan fingerprint density at radius 2 is 1.33 bits per heavy atom. The maximum absolute atomic E-state index is 4.13. The second-order valence-corrected chi connectivity index (χ2v) is 2.45. The van der Waals surface area contributed by atoms with Gasteiger partial charge in [-0.2, -0.15) is 0 Å². The third-order valence-electron chi connectivity index (χ3n) is 0.957. The first-order valence-corrected chi connectivity index (χ1v) is 3.90. The molecule has 0 radical (unpaired) electrons. The molecule has 1 aliphatic heterocycles. The third-order valence-corrected chi connectivity index (χ3v) is 0.957. The van der Waals surface area contributed by atoms with Crippen LogP contribution in [0.15, 0.2) is 0 Å². The van der Waals surface area contributed by atoms with Crippen LogP contribution in [-0.2, 0) is 0 Å². The molecule has 2 N–H and O–H groups in total. The van der Waals surface area contributed by atoms with E-state index in [1.54, 1.807) is 0 Å². The first-order valence-electron chi connectivity index (χ1n) is 2.91. The zero-order valence-corrected chi connectivity index (χ0v) is 6.97. The second kappa shape index (κ2) is 8.36. The lowest BCUT2D eigenvalue weighted by Gasteiger charge is -2.11. The fraction of sp³-hybridized carbons (Fsp3) is 0.800. The van der Waals surface area contributed by atoms with Gasteiger partial charge in [-0.25, -0.2) is 0 Å². The molecule has 0 aromatic rings. The average Bonchev–Trinajstić information content (AvgIpc) is 1.93. The van der Waals surface area contributed by atoms with Gasteiger partial charge < -0.3 is 10.6 Å². The highest BCUT2D eigenvalue weighted by Crippen LogP contribution is 1.65. The Morgan fingerprint density at radius 1 is 1.11 bits per heavy atom. The van der Waals surface area contributed by atoms with E-state index in [2.05, 4.69) is 35.5 Å². The van der Waals surface area contributed by atoms with Gasteiger partial charge in [-0.15, -0.1) is 12.6 Å². The Bertz CT molecular complexity index is 52.5. The molecule has 9 heavy (non-hydrogen) atoms. The van der Waals surface area contributed by atoms with Crippen molar-refractivity contribution in [1.29, 1.82) is 0 Å².